The zero-order valence-electron chi connectivity index (χ0n) is 52.4. The number of carbonyl (C=O) groups excluding carboxylic acids is 8. The lowest BCUT2D eigenvalue weighted by molar-refractivity contribution is -0.145. The van der Waals surface area contributed by atoms with Crippen LogP contribution in [0.3, 0.4) is 0 Å². The number of methoxy groups -OCH3 is 4. The summed E-state index contributed by atoms with van der Waals surface area (Å²) in [5, 5.41) is 49.6. The summed E-state index contributed by atoms with van der Waals surface area (Å²) >= 11 is 0. The van der Waals surface area contributed by atoms with Crippen LogP contribution in [-0.4, -0.2) is 141 Å². The maximum atomic E-state index is 13.2. The number of rotatable bonds is 19. The molecule has 27 heteroatoms. The second-order valence-electron chi connectivity index (χ2n) is 21.6. The molecule has 1 atom stereocenters. The number of ether oxygens (including phenoxy) is 5. The van der Waals surface area contributed by atoms with Crippen LogP contribution in [0.2, 0.25) is 0 Å². The number of aliphatic hydroxyl groups is 1. The molecule has 0 bridgehead atoms. The number of amides is 3. The van der Waals surface area contributed by atoms with Gasteiger partial charge >= 0.3 is 29.8 Å². The van der Waals surface area contributed by atoms with Gasteiger partial charge < -0.3 is 60.1 Å². The van der Waals surface area contributed by atoms with E-state index in [9.17, 15) is 72.0 Å². The van der Waals surface area contributed by atoms with Crippen LogP contribution in [0, 0.1) is 17.5 Å². The highest BCUT2D eigenvalue weighted by atomic mass is 19.1. The molecule has 0 aliphatic carbocycles. The number of phenols is 2. The van der Waals surface area contributed by atoms with Crippen LogP contribution in [0.25, 0.3) is 32.7 Å². The molecule has 5 aromatic carbocycles. The number of carbonyl (C=O) groups is 8. The van der Waals surface area contributed by atoms with Gasteiger partial charge in [-0.2, -0.15) is 0 Å². The maximum absolute atomic E-state index is 13.2. The Morgan fingerprint density at radius 3 is 1.32 bits per heavy atom. The van der Waals surface area contributed by atoms with Gasteiger partial charge in [0.1, 0.15) is 63.4 Å². The van der Waals surface area contributed by atoms with Crippen molar-refractivity contribution in [1.82, 2.24) is 30.6 Å². The van der Waals surface area contributed by atoms with Crippen LogP contribution < -0.4 is 16.0 Å². The number of esters is 5. The largest absolute Gasteiger partial charge is 0.505 e. The van der Waals surface area contributed by atoms with Gasteiger partial charge in [-0.25, -0.2) is 37.3 Å². The quantitative estimate of drug-likeness (QED) is 0.0227. The van der Waals surface area contributed by atoms with E-state index in [2.05, 4.69) is 50.1 Å². The van der Waals surface area contributed by atoms with Gasteiger partial charge in [-0.3, -0.25) is 34.1 Å². The summed E-state index contributed by atoms with van der Waals surface area (Å²) in [4.78, 5) is 115. The molecule has 494 valence electrons. The van der Waals surface area contributed by atoms with Crippen molar-refractivity contribution >= 4 is 86.1 Å². The number of aliphatic hydroxyl groups excluding tert-OH is 1. The minimum Gasteiger partial charge on any atom is -0.505 e. The zero-order chi connectivity index (χ0) is 69.4. The number of fused-ring (bicyclic) bond motifs is 3. The second kappa shape index (κ2) is 31.6. The molecule has 9 aromatic rings. The molecule has 95 heavy (non-hydrogen) atoms. The van der Waals surface area contributed by atoms with E-state index >= 15 is 0 Å². The fourth-order valence-electron chi connectivity index (χ4n) is 9.34. The summed E-state index contributed by atoms with van der Waals surface area (Å²) in [6.45, 7) is 6.18. The molecule has 0 spiro atoms. The summed E-state index contributed by atoms with van der Waals surface area (Å²) < 4.78 is 62.9. The number of anilines is 1. The fraction of sp³-hybridized carbons (Fsp3) is 0.235. The lowest BCUT2D eigenvalue weighted by Crippen LogP contribution is -2.46. The molecule has 7 N–H and O–H groups in total. The van der Waals surface area contributed by atoms with Crippen molar-refractivity contribution in [3.05, 3.63) is 200 Å². The van der Waals surface area contributed by atoms with Gasteiger partial charge in [0.15, 0.2) is 22.9 Å². The summed E-state index contributed by atoms with van der Waals surface area (Å²) in [7, 11) is 4.62. The Labute approximate surface area is 540 Å². The minimum atomic E-state index is -0.951. The van der Waals surface area contributed by atoms with E-state index in [1.807, 2.05) is 0 Å². The van der Waals surface area contributed by atoms with E-state index in [4.69, 9.17) is 9.47 Å². The van der Waals surface area contributed by atoms with Crippen molar-refractivity contribution in [2.75, 3.05) is 47.0 Å². The molecule has 0 saturated carbocycles. The van der Waals surface area contributed by atoms with Crippen molar-refractivity contribution in [3.63, 3.8) is 0 Å². The molecule has 4 aromatic heterocycles. The standard InChI is InChI=1S/C23H21FN2O6.C23H23FN2O5.C22H20FN3O6/c1-12(22(29)31-2)26-21(28)17-10-18(23(30)32-3)20(27)19-16(17)9-14(11-25-19)8-13-4-6-15(24)7-5-13;1-23(2,12-27)26-21(29)17-10-18(22(30)31-3)20(28)19-16(17)9-14(11-25-19)8-13-4-6-15(24)7-5-13;1-3-32-17(28)10-16(27)25-21-15-9-13(8-12-4-6-14(23)7-5-12)11-24-18(15)20(29)19(26-21)22(30)31-2/h4-7,9-12,27H,8H2,1-3H3,(H,26,28);4-7,9-11,27-28H,8,12H2,1-3H3,(H,26,29);4-7,9,11,29H,3,8,10H2,1-2H3,(H,25,26,27). The smallest absolute Gasteiger partial charge is 0.360 e. The first-order chi connectivity index (χ1) is 45.2. The summed E-state index contributed by atoms with van der Waals surface area (Å²) in [6, 6.07) is 24.3. The van der Waals surface area contributed by atoms with E-state index < -0.39 is 88.5 Å². The maximum Gasteiger partial charge on any atom is 0.360 e. The molecule has 0 aliphatic heterocycles. The molecule has 0 fully saturated rings. The molecule has 0 aliphatic rings. The number of nitrogens with one attached hydrogen (secondary N) is 3. The Morgan fingerprint density at radius 2 is 0.926 bits per heavy atom. The van der Waals surface area contributed by atoms with Crippen LogP contribution >= 0.6 is 0 Å². The average molecular weight is 1310 g/mol. The topological polar surface area (TPSA) is 351 Å². The third-order valence-corrected chi connectivity index (χ3v) is 14.1. The Bertz CT molecular complexity index is 4400. The van der Waals surface area contributed by atoms with Gasteiger partial charge in [0, 0.05) is 45.9 Å². The lowest BCUT2D eigenvalue weighted by atomic mass is 9.97. The third kappa shape index (κ3) is 17.9. The number of phenolic OH excluding ortho intramolecular Hbond substituents is 2. The van der Waals surface area contributed by atoms with Crippen molar-refractivity contribution in [2.24, 2.45) is 0 Å². The molecular weight excluding hydrogens is 1240 g/mol. The fourth-order valence-corrected chi connectivity index (χ4v) is 9.34. The van der Waals surface area contributed by atoms with Gasteiger partial charge in [0.2, 0.25) is 5.91 Å². The molecule has 24 nitrogen and oxygen atoms in total. The van der Waals surface area contributed by atoms with Crippen LogP contribution in [-0.2, 0) is 57.3 Å². The predicted octanol–water partition coefficient (Wildman–Crippen LogP) is 8.45. The summed E-state index contributed by atoms with van der Waals surface area (Å²) in [6.07, 6.45) is 5.13. The van der Waals surface area contributed by atoms with Gasteiger partial charge in [0.05, 0.1) is 47.2 Å². The Kier molecular flexibility index (Phi) is 23.6. The number of hydrogen-bond acceptors (Lipinski definition) is 21. The van der Waals surface area contributed by atoms with Crippen molar-refractivity contribution in [1.29, 1.82) is 0 Å². The number of nitrogens with zero attached hydrogens (tertiary/aromatic N) is 4. The third-order valence-electron chi connectivity index (χ3n) is 14.1. The van der Waals surface area contributed by atoms with Crippen molar-refractivity contribution in [3.8, 4) is 17.2 Å². The summed E-state index contributed by atoms with van der Waals surface area (Å²) in [5.74, 6) is -8.38. The van der Waals surface area contributed by atoms with Gasteiger partial charge in [-0.15, -0.1) is 0 Å². The number of hydrogen-bond donors (Lipinski definition) is 7. The molecule has 0 saturated heterocycles. The molecular formula is C68H64F3N7O17. The number of halogens is 3. The van der Waals surface area contributed by atoms with E-state index in [0.29, 0.717) is 35.8 Å². The first-order valence-electron chi connectivity index (χ1n) is 28.8. The number of aromatic hydroxyl groups is 3. The minimum absolute atomic E-state index is 0.00897. The predicted molar refractivity (Wildman–Crippen MR) is 337 cm³/mol. The van der Waals surface area contributed by atoms with Crippen LogP contribution in [0.4, 0.5) is 19.0 Å². The normalized spacial score (nSPS) is 11.2. The highest BCUT2D eigenvalue weighted by molar-refractivity contribution is 6.14. The van der Waals surface area contributed by atoms with Gasteiger partial charge in [-0.05, 0) is 147 Å². The van der Waals surface area contributed by atoms with Crippen molar-refractivity contribution < 1.29 is 95.6 Å². The van der Waals surface area contributed by atoms with Crippen LogP contribution in [0.5, 0.6) is 17.2 Å². The molecule has 4 heterocycles. The highest BCUT2D eigenvalue weighted by Crippen LogP contribution is 2.36. The second-order valence-corrected chi connectivity index (χ2v) is 21.6. The van der Waals surface area contributed by atoms with E-state index in [-0.39, 0.29) is 86.1 Å². The number of aromatic nitrogens is 4. The Hall–Kier alpha value is -11.6. The van der Waals surface area contributed by atoms with Gasteiger partial charge in [-0.1, -0.05) is 36.4 Å². The Balaban J connectivity index is 0.000000201. The van der Waals surface area contributed by atoms with E-state index in [1.54, 1.807) is 75.4 Å². The van der Waals surface area contributed by atoms with Crippen LogP contribution in [0.1, 0.15) is 119 Å². The first kappa shape index (κ1) is 70.8. The molecule has 0 radical (unpaired) electrons. The lowest BCUT2D eigenvalue weighted by Gasteiger charge is -2.24. The number of benzene rings is 5. The zero-order valence-corrected chi connectivity index (χ0v) is 52.4. The number of pyridine rings is 4. The molecule has 1 unspecified atom stereocenters. The van der Waals surface area contributed by atoms with Crippen molar-refractivity contribution in [2.45, 2.75) is 65.0 Å². The average Bonchev–Trinajstić information content (AvgIpc) is 0.786. The highest BCUT2D eigenvalue weighted by Gasteiger charge is 2.29. The first-order valence-corrected chi connectivity index (χ1v) is 28.8. The molecule has 3 amide bonds. The van der Waals surface area contributed by atoms with Gasteiger partial charge in [0.25, 0.3) is 11.8 Å². The summed E-state index contributed by atoms with van der Waals surface area (Å²) in [5.41, 5.74) is 2.97. The Morgan fingerprint density at radius 1 is 0.526 bits per heavy atom. The van der Waals surface area contributed by atoms with Crippen LogP contribution in [0.15, 0.2) is 122 Å². The van der Waals surface area contributed by atoms with E-state index in [0.717, 1.165) is 36.5 Å². The monoisotopic (exact) mass is 1310 g/mol. The molecule has 9 rings (SSSR count). The van der Waals surface area contributed by atoms with E-state index in [1.165, 1.54) is 88.3 Å². The SMILES string of the molecule is CCOC(=O)CC(=O)Nc1nc(C(=O)OC)c(O)c2ncc(Cc3ccc(F)cc3)cc12.COC(=O)c1cc(C(=O)NC(C)(C)CO)c2cc(Cc3ccc(F)cc3)cnc2c1O.COC(=O)c1cc(C(=O)NC(C)C(=O)OC)c2cc(Cc3ccc(F)cc3)cnc2c1O.